The van der Waals surface area contributed by atoms with Crippen LogP contribution in [0.2, 0.25) is 0 Å². The van der Waals surface area contributed by atoms with E-state index in [2.05, 4.69) is 15.1 Å². The lowest BCUT2D eigenvalue weighted by molar-refractivity contribution is 0.577. The van der Waals surface area contributed by atoms with Crippen molar-refractivity contribution in [3.05, 3.63) is 24.0 Å². The molecule has 8 nitrogen and oxygen atoms in total. The molecule has 0 aliphatic carbocycles. The number of furan rings is 1. The minimum Gasteiger partial charge on any atom is -0.461 e. The van der Waals surface area contributed by atoms with Crippen molar-refractivity contribution < 1.29 is 4.42 Å². The number of nitrogen functional groups attached to an aromatic ring is 2. The number of hydrogen-bond acceptors (Lipinski definition) is 7. The Kier molecular flexibility index (Phi) is 2.03. The number of aromatic nitrogens is 4. The molecule has 0 aromatic carbocycles. The van der Waals surface area contributed by atoms with Crippen molar-refractivity contribution in [2.24, 2.45) is 0 Å². The molecule has 0 spiro atoms. The third-order valence-electron chi connectivity index (χ3n) is 2.46. The molecule has 0 aliphatic rings. The highest BCUT2D eigenvalue weighted by Gasteiger charge is 2.15. The summed E-state index contributed by atoms with van der Waals surface area (Å²) in [6.45, 7) is 0. The highest BCUT2D eigenvalue weighted by atomic mass is 16.3. The van der Waals surface area contributed by atoms with Crippen LogP contribution in [0.4, 0.5) is 11.8 Å². The predicted octanol–water partition coefficient (Wildman–Crippen LogP) is 0.546. The Balaban J connectivity index is 2.35. The third kappa shape index (κ3) is 1.32. The first-order valence-electron chi connectivity index (χ1n) is 5.07. The maximum atomic E-state index is 7.33. The number of nitrogens with one attached hydrogen (secondary N) is 1. The number of fused-ring (bicyclic) bond motifs is 1. The number of nitrogens with two attached hydrogens (primary N) is 2. The standard InChI is InChI=1S/C10H9N7O/c11-4-5-7(12)14-10(13)17-9(5)15-8(16-17)6-2-1-3-18-6/h1-4,11H,12H2,(H2,13,14). The zero-order valence-corrected chi connectivity index (χ0v) is 9.16. The van der Waals surface area contributed by atoms with Crippen LogP contribution in [-0.2, 0) is 0 Å². The summed E-state index contributed by atoms with van der Waals surface area (Å²) in [6, 6.07) is 3.46. The van der Waals surface area contributed by atoms with E-state index >= 15 is 0 Å². The SMILES string of the molecule is N=Cc1c(N)nc(N)n2nc(-c3ccco3)nc12. The summed E-state index contributed by atoms with van der Waals surface area (Å²) in [6.07, 6.45) is 2.59. The maximum Gasteiger partial charge on any atom is 0.225 e. The fourth-order valence-corrected chi connectivity index (χ4v) is 1.64. The van der Waals surface area contributed by atoms with Gasteiger partial charge in [0.25, 0.3) is 0 Å². The lowest BCUT2D eigenvalue weighted by atomic mass is 10.3. The maximum absolute atomic E-state index is 7.33. The van der Waals surface area contributed by atoms with Crippen molar-refractivity contribution in [2.75, 3.05) is 11.5 Å². The Morgan fingerprint density at radius 2 is 2.17 bits per heavy atom. The smallest absolute Gasteiger partial charge is 0.225 e. The molecule has 0 saturated heterocycles. The summed E-state index contributed by atoms with van der Waals surface area (Å²) >= 11 is 0. The summed E-state index contributed by atoms with van der Waals surface area (Å²) in [5, 5.41) is 11.5. The van der Waals surface area contributed by atoms with E-state index < -0.39 is 0 Å². The Morgan fingerprint density at radius 1 is 1.33 bits per heavy atom. The second-order valence-electron chi connectivity index (χ2n) is 3.56. The fourth-order valence-electron chi connectivity index (χ4n) is 1.64. The molecular weight excluding hydrogens is 234 g/mol. The Bertz CT molecular complexity index is 728. The highest BCUT2D eigenvalue weighted by Crippen LogP contribution is 2.21. The first-order valence-corrected chi connectivity index (χ1v) is 5.07. The van der Waals surface area contributed by atoms with Gasteiger partial charge >= 0.3 is 0 Å². The van der Waals surface area contributed by atoms with E-state index in [1.165, 1.54) is 10.8 Å². The summed E-state index contributed by atoms with van der Waals surface area (Å²) < 4.78 is 6.53. The summed E-state index contributed by atoms with van der Waals surface area (Å²) in [7, 11) is 0. The number of rotatable bonds is 2. The van der Waals surface area contributed by atoms with Gasteiger partial charge in [-0.1, -0.05) is 0 Å². The normalized spacial score (nSPS) is 10.9. The van der Waals surface area contributed by atoms with Gasteiger partial charge in [0.05, 0.1) is 11.8 Å². The van der Waals surface area contributed by atoms with Crippen LogP contribution < -0.4 is 11.5 Å². The van der Waals surface area contributed by atoms with E-state index in [-0.39, 0.29) is 11.8 Å². The van der Waals surface area contributed by atoms with Crippen molar-refractivity contribution in [3.8, 4) is 11.6 Å². The van der Waals surface area contributed by atoms with Gasteiger partial charge in [-0.05, 0) is 12.1 Å². The molecule has 5 N–H and O–H groups in total. The van der Waals surface area contributed by atoms with Crippen LogP contribution >= 0.6 is 0 Å². The van der Waals surface area contributed by atoms with Gasteiger partial charge in [-0.2, -0.15) is 9.50 Å². The van der Waals surface area contributed by atoms with E-state index in [9.17, 15) is 0 Å². The average Bonchev–Trinajstić information content (AvgIpc) is 2.97. The predicted molar refractivity (Wildman–Crippen MR) is 65.2 cm³/mol. The monoisotopic (exact) mass is 243 g/mol. The van der Waals surface area contributed by atoms with Crippen molar-refractivity contribution in [3.63, 3.8) is 0 Å². The van der Waals surface area contributed by atoms with E-state index in [4.69, 9.17) is 21.3 Å². The van der Waals surface area contributed by atoms with Gasteiger partial charge in [0, 0.05) is 6.21 Å². The molecule has 90 valence electrons. The molecular formula is C10H9N7O. The van der Waals surface area contributed by atoms with Crippen LogP contribution in [0.5, 0.6) is 0 Å². The van der Waals surface area contributed by atoms with Crippen LogP contribution in [-0.4, -0.2) is 25.8 Å². The van der Waals surface area contributed by atoms with Gasteiger partial charge in [0.1, 0.15) is 5.82 Å². The largest absolute Gasteiger partial charge is 0.461 e. The number of hydrogen-bond donors (Lipinski definition) is 3. The first kappa shape index (κ1) is 10.3. The minimum atomic E-state index is 0.110. The second kappa shape index (κ2) is 3.55. The van der Waals surface area contributed by atoms with Crippen LogP contribution in [0.25, 0.3) is 17.2 Å². The number of nitrogens with zero attached hydrogens (tertiary/aromatic N) is 4. The fraction of sp³-hybridized carbons (Fsp3) is 0. The lowest BCUT2D eigenvalue weighted by Gasteiger charge is -2.02. The molecule has 8 heteroatoms. The van der Waals surface area contributed by atoms with E-state index in [0.29, 0.717) is 22.8 Å². The Hall–Kier alpha value is -2.90. The zero-order chi connectivity index (χ0) is 12.7. The zero-order valence-electron chi connectivity index (χ0n) is 9.16. The average molecular weight is 243 g/mol. The summed E-state index contributed by atoms with van der Waals surface area (Å²) in [5.74, 6) is 1.13. The molecule has 0 aliphatic heterocycles. The van der Waals surface area contributed by atoms with E-state index in [1.54, 1.807) is 12.1 Å². The molecule has 0 saturated carbocycles. The molecule has 18 heavy (non-hydrogen) atoms. The van der Waals surface area contributed by atoms with Gasteiger partial charge in [-0.3, -0.25) is 0 Å². The Labute approximate surface area is 101 Å². The van der Waals surface area contributed by atoms with Crippen molar-refractivity contribution >= 4 is 23.6 Å². The molecule has 3 aromatic heterocycles. The van der Waals surface area contributed by atoms with Gasteiger partial charge in [0.15, 0.2) is 11.4 Å². The van der Waals surface area contributed by atoms with Crippen LogP contribution in [0, 0.1) is 5.41 Å². The summed E-state index contributed by atoms with van der Waals surface area (Å²) in [5.41, 5.74) is 12.1. The van der Waals surface area contributed by atoms with Crippen LogP contribution in [0.15, 0.2) is 22.8 Å². The molecule has 0 fully saturated rings. The number of anilines is 2. The van der Waals surface area contributed by atoms with Crippen molar-refractivity contribution in [1.29, 1.82) is 5.41 Å². The van der Waals surface area contributed by atoms with Crippen LogP contribution in [0.3, 0.4) is 0 Å². The molecule has 3 rings (SSSR count). The van der Waals surface area contributed by atoms with Crippen molar-refractivity contribution in [2.45, 2.75) is 0 Å². The molecule has 0 atom stereocenters. The molecule has 0 bridgehead atoms. The molecule has 0 amide bonds. The minimum absolute atomic E-state index is 0.110. The summed E-state index contributed by atoms with van der Waals surface area (Å²) in [4.78, 5) is 8.16. The highest BCUT2D eigenvalue weighted by molar-refractivity contribution is 5.92. The second-order valence-corrected chi connectivity index (χ2v) is 3.56. The van der Waals surface area contributed by atoms with Crippen LogP contribution in [0.1, 0.15) is 5.56 Å². The van der Waals surface area contributed by atoms with Gasteiger partial charge < -0.3 is 21.3 Å². The Morgan fingerprint density at radius 3 is 2.83 bits per heavy atom. The molecule has 0 unspecified atom stereocenters. The van der Waals surface area contributed by atoms with E-state index in [1.807, 2.05) is 0 Å². The molecule has 0 radical (unpaired) electrons. The third-order valence-corrected chi connectivity index (χ3v) is 2.46. The van der Waals surface area contributed by atoms with Gasteiger partial charge in [-0.15, -0.1) is 5.10 Å². The van der Waals surface area contributed by atoms with Gasteiger partial charge in [-0.25, -0.2) is 4.98 Å². The quantitative estimate of drug-likeness (QED) is 0.563. The topological polar surface area (TPSA) is 132 Å². The van der Waals surface area contributed by atoms with Gasteiger partial charge in [0.2, 0.25) is 11.8 Å². The first-order chi connectivity index (χ1) is 8.70. The molecule has 3 aromatic rings. The molecule has 3 heterocycles. The lowest BCUT2D eigenvalue weighted by Crippen LogP contribution is -2.08. The van der Waals surface area contributed by atoms with Crippen molar-refractivity contribution in [1.82, 2.24) is 19.6 Å². The van der Waals surface area contributed by atoms with E-state index in [0.717, 1.165) is 6.21 Å².